The van der Waals surface area contributed by atoms with Crippen molar-refractivity contribution in [2.24, 2.45) is 0 Å². The van der Waals surface area contributed by atoms with Crippen LogP contribution in [-0.4, -0.2) is 19.1 Å². The summed E-state index contributed by atoms with van der Waals surface area (Å²) >= 11 is 5.94. The first-order valence-electron chi connectivity index (χ1n) is 4.72. The Morgan fingerprint density at radius 1 is 1.31 bits per heavy atom. The minimum Gasteiger partial charge on any atom is -0.494 e. The largest absolute Gasteiger partial charge is 0.494 e. The zero-order valence-corrected chi connectivity index (χ0v) is 9.71. The average Bonchev–Trinajstić information content (AvgIpc) is 2.30. The molecule has 0 amide bonds. The molecule has 84 valence electrons. The Labute approximate surface area is 98.1 Å². The molecule has 0 unspecified atom stereocenters. The number of aromatic nitrogens is 1. The van der Waals surface area contributed by atoms with Crippen LogP contribution in [0.3, 0.4) is 0 Å². The van der Waals surface area contributed by atoms with Gasteiger partial charge < -0.3 is 9.57 Å². The van der Waals surface area contributed by atoms with E-state index in [9.17, 15) is 0 Å². The third-order valence-electron chi connectivity index (χ3n) is 2.20. The molecule has 1 aromatic heterocycles. The van der Waals surface area contributed by atoms with Crippen LogP contribution in [0, 0.1) is 0 Å². The zero-order valence-electron chi connectivity index (χ0n) is 8.95. The van der Waals surface area contributed by atoms with Crippen molar-refractivity contribution in [3.05, 3.63) is 29.4 Å². The first-order chi connectivity index (χ1) is 7.76. The number of pyridine rings is 1. The molecule has 0 aliphatic rings. The average molecular weight is 239 g/mol. The summed E-state index contributed by atoms with van der Waals surface area (Å²) in [6.45, 7) is 0. The standard InChI is InChI=1S/C11H11ClN2O2/c1-13-16-11-9-5-7(12)3-4-8(9)10(15-2)6-14-11/h3-6,13H,1-2H3. The van der Waals surface area contributed by atoms with Gasteiger partial charge in [0.05, 0.1) is 18.7 Å². The Morgan fingerprint density at radius 2 is 2.12 bits per heavy atom. The van der Waals surface area contributed by atoms with Crippen LogP contribution in [0.2, 0.25) is 5.02 Å². The normalized spacial score (nSPS) is 10.4. The maximum atomic E-state index is 5.94. The summed E-state index contributed by atoms with van der Waals surface area (Å²) in [7, 11) is 3.27. The first-order valence-corrected chi connectivity index (χ1v) is 5.10. The van der Waals surface area contributed by atoms with Gasteiger partial charge in [-0.25, -0.2) is 4.98 Å². The van der Waals surface area contributed by atoms with Crippen LogP contribution in [-0.2, 0) is 0 Å². The first kappa shape index (κ1) is 11.0. The number of ether oxygens (including phenoxy) is 1. The summed E-state index contributed by atoms with van der Waals surface area (Å²) in [5.74, 6) is 1.16. The Kier molecular flexibility index (Phi) is 3.12. The van der Waals surface area contributed by atoms with Gasteiger partial charge in [0, 0.05) is 17.5 Å². The Balaban J connectivity index is 2.70. The monoisotopic (exact) mass is 238 g/mol. The number of benzene rings is 1. The fraction of sp³-hybridized carbons (Fsp3) is 0.182. The second-order valence-corrected chi connectivity index (χ2v) is 3.56. The minimum absolute atomic E-state index is 0.473. The van der Waals surface area contributed by atoms with Gasteiger partial charge in [-0.3, -0.25) is 0 Å². The van der Waals surface area contributed by atoms with E-state index in [1.807, 2.05) is 6.07 Å². The molecule has 1 heterocycles. The maximum absolute atomic E-state index is 5.94. The number of halogens is 1. The van der Waals surface area contributed by atoms with E-state index in [0.29, 0.717) is 16.7 Å². The molecule has 0 saturated heterocycles. The fourth-order valence-electron chi connectivity index (χ4n) is 1.51. The zero-order chi connectivity index (χ0) is 11.5. The van der Waals surface area contributed by atoms with E-state index in [-0.39, 0.29) is 0 Å². The molecule has 0 bridgehead atoms. The number of methoxy groups -OCH3 is 1. The second kappa shape index (κ2) is 4.55. The minimum atomic E-state index is 0.473. The Hall–Kier alpha value is -1.52. The predicted octanol–water partition coefficient (Wildman–Crippen LogP) is 2.41. The van der Waals surface area contributed by atoms with Crippen LogP contribution in [0.1, 0.15) is 0 Å². The number of rotatable bonds is 3. The lowest BCUT2D eigenvalue weighted by molar-refractivity contribution is 0.217. The molecule has 2 aromatic rings. The lowest BCUT2D eigenvalue weighted by Crippen LogP contribution is -2.12. The summed E-state index contributed by atoms with van der Waals surface area (Å²) < 4.78 is 5.22. The number of hydroxylamine groups is 1. The number of hydrogen-bond acceptors (Lipinski definition) is 4. The van der Waals surface area contributed by atoms with Gasteiger partial charge in [-0.1, -0.05) is 11.6 Å². The molecule has 0 saturated carbocycles. The number of nitrogens with zero attached hydrogens (tertiary/aromatic N) is 1. The Bertz CT molecular complexity index is 517. The van der Waals surface area contributed by atoms with Gasteiger partial charge in [-0.15, -0.1) is 0 Å². The highest BCUT2D eigenvalue weighted by Gasteiger charge is 2.09. The lowest BCUT2D eigenvalue weighted by Gasteiger charge is -2.09. The van der Waals surface area contributed by atoms with E-state index in [1.165, 1.54) is 0 Å². The Morgan fingerprint density at radius 3 is 2.81 bits per heavy atom. The lowest BCUT2D eigenvalue weighted by atomic mass is 10.1. The van der Waals surface area contributed by atoms with Crippen LogP contribution in [0.4, 0.5) is 0 Å². The van der Waals surface area contributed by atoms with Crippen LogP contribution in [0.15, 0.2) is 24.4 Å². The van der Waals surface area contributed by atoms with Gasteiger partial charge in [-0.05, 0) is 18.2 Å². The number of hydrogen-bond donors (Lipinski definition) is 1. The van der Waals surface area contributed by atoms with Crippen LogP contribution in [0.25, 0.3) is 10.8 Å². The third-order valence-corrected chi connectivity index (χ3v) is 2.43. The van der Waals surface area contributed by atoms with E-state index in [2.05, 4.69) is 10.5 Å². The predicted molar refractivity (Wildman–Crippen MR) is 63.0 cm³/mol. The van der Waals surface area contributed by atoms with Crippen LogP contribution >= 0.6 is 11.6 Å². The van der Waals surface area contributed by atoms with Gasteiger partial charge in [-0.2, -0.15) is 5.48 Å². The van der Waals surface area contributed by atoms with Crippen LogP contribution < -0.4 is 15.1 Å². The molecular formula is C11H11ClN2O2. The molecule has 0 spiro atoms. The highest BCUT2D eigenvalue weighted by Crippen LogP contribution is 2.32. The van der Waals surface area contributed by atoms with Crippen molar-refractivity contribution in [3.63, 3.8) is 0 Å². The van der Waals surface area contributed by atoms with Gasteiger partial charge >= 0.3 is 0 Å². The van der Waals surface area contributed by atoms with Gasteiger partial charge in [0.15, 0.2) is 0 Å². The van der Waals surface area contributed by atoms with Crippen molar-refractivity contribution >= 4 is 22.4 Å². The van der Waals surface area contributed by atoms with E-state index in [1.54, 1.807) is 32.5 Å². The SMILES string of the molecule is CNOc1ncc(OC)c2ccc(Cl)cc12. The van der Waals surface area contributed by atoms with E-state index >= 15 is 0 Å². The molecule has 1 aromatic carbocycles. The van der Waals surface area contributed by atoms with Crippen molar-refractivity contribution in [1.29, 1.82) is 0 Å². The molecule has 16 heavy (non-hydrogen) atoms. The van der Waals surface area contributed by atoms with Crippen molar-refractivity contribution < 1.29 is 9.57 Å². The quantitative estimate of drug-likeness (QED) is 0.834. The van der Waals surface area contributed by atoms with E-state index < -0.39 is 0 Å². The summed E-state index contributed by atoms with van der Waals surface area (Å²) in [4.78, 5) is 9.34. The summed E-state index contributed by atoms with van der Waals surface area (Å²) in [5.41, 5.74) is 2.59. The second-order valence-electron chi connectivity index (χ2n) is 3.13. The molecule has 5 heteroatoms. The van der Waals surface area contributed by atoms with Gasteiger partial charge in [0.1, 0.15) is 5.75 Å². The summed E-state index contributed by atoms with van der Waals surface area (Å²) in [6.07, 6.45) is 1.61. The molecule has 4 nitrogen and oxygen atoms in total. The van der Waals surface area contributed by atoms with E-state index in [0.717, 1.165) is 10.8 Å². The molecule has 0 aliphatic carbocycles. The van der Waals surface area contributed by atoms with Crippen molar-refractivity contribution in [3.8, 4) is 11.6 Å². The topological polar surface area (TPSA) is 43.4 Å². The van der Waals surface area contributed by atoms with Crippen LogP contribution in [0.5, 0.6) is 11.6 Å². The van der Waals surface area contributed by atoms with Crippen molar-refractivity contribution in [2.45, 2.75) is 0 Å². The fourth-order valence-corrected chi connectivity index (χ4v) is 1.68. The number of fused-ring (bicyclic) bond motifs is 1. The molecule has 0 fully saturated rings. The molecule has 0 radical (unpaired) electrons. The summed E-state index contributed by atoms with van der Waals surface area (Å²) in [5, 5.41) is 2.34. The van der Waals surface area contributed by atoms with E-state index in [4.69, 9.17) is 21.2 Å². The highest BCUT2D eigenvalue weighted by atomic mass is 35.5. The number of nitrogens with one attached hydrogen (secondary N) is 1. The molecule has 0 atom stereocenters. The molecular weight excluding hydrogens is 228 g/mol. The van der Waals surface area contributed by atoms with Crippen molar-refractivity contribution in [1.82, 2.24) is 10.5 Å². The molecule has 1 N–H and O–H groups in total. The summed E-state index contributed by atoms with van der Waals surface area (Å²) in [6, 6.07) is 5.47. The molecule has 2 rings (SSSR count). The van der Waals surface area contributed by atoms with Gasteiger partial charge in [0.2, 0.25) is 5.88 Å². The van der Waals surface area contributed by atoms with Gasteiger partial charge in [0.25, 0.3) is 0 Å². The maximum Gasteiger partial charge on any atom is 0.245 e. The highest BCUT2D eigenvalue weighted by molar-refractivity contribution is 6.31. The smallest absolute Gasteiger partial charge is 0.245 e. The third kappa shape index (κ3) is 1.89. The van der Waals surface area contributed by atoms with Crippen molar-refractivity contribution in [2.75, 3.05) is 14.2 Å². The molecule has 0 aliphatic heterocycles.